The van der Waals surface area contributed by atoms with Gasteiger partial charge in [-0.15, -0.1) is 0 Å². The van der Waals surface area contributed by atoms with Gasteiger partial charge in [-0.25, -0.2) is 0 Å². The number of hydrogen-bond donors (Lipinski definition) is 3. The monoisotopic (exact) mass is 606 g/mol. The highest BCUT2D eigenvalue weighted by Crippen LogP contribution is 2.19. The van der Waals surface area contributed by atoms with Crippen molar-refractivity contribution in [3.05, 3.63) is 101 Å². The molecule has 1 heterocycles. The second-order valence-corrected chi connectivity index (χ2v) is 10.5. The van der Waals surface area contributed by atoms with Crippen LogP contribution >= 0.6 is 11.6 Å². The molecule has 0 aliphatic carbocycles. The number of para-hydroxylation sites is 1. The lowest BCUT2D eigenvalue weighted by Gasteiger charge is -2.26. The Morgan fingerprint density at radius 3 is 2.51 bits per heavy atom. The highest BCUT2D eigenvalue weighted by Gasteiger charge is 2.30. The number of fused-ring (bicyclic) bond motifs is 1. The van der Waals surface area contributed by atoms with Crippen LogP contribution < -0.4 is 20.7 Å². The number of carbonyl (C=O) groups is 4. The van der Waals surface area contributed by atoms with Crippen molar-refractivity contribution in [2.75, 3.05) is 33.4 Å². The summed E-state index contributed by atoms with van der Waals surface area (Å²) in [6.07, 6.45) is -0.130. The summed E-state index contributed by atoms with van der Waals surface area (Å²) >= 11 is 6.16. The normalized spacial score (nSPS) is 18.0. The Morgan fingerprint density at radius 2 is 1.72 bits per heavy atom. The lowest BCUT2D eigenvalue weighted by molar-refractivity contribution is -0.136. The van der Waals surface area contributed by atoms with Crippen molar-refractivity contribution in [1.29, 1.82) is 0 Å². The quantitative estimate of drug-likeness (QED) is 0.339. The van der Waals surface area contributed by atoms with Crippen LogP contribution in [0.3, 0.4) is 0 Å². The predicted molar refractivity (Wildman–Crippen MR) is 162 cm³/mol. The van der Waals surface area contributed by atoms with Gasteiger partial charge in [0, 0.05) is 25.0 Å². The first-order valence-electron chi connectivity index (χ1n) is 14.0. The fraction of sp³-hybridized carbons (Fsp3) is 0.312. The Balaban J connectivity index is 1.48. The van der Waals surface area contributed by atoms with Gasteiger partial charge >= 0.3 is 0 Å². The van der Waals surface area contributed by atoms with Gasteiger partial charge in [0.05, 0.1) is 31.7 Å². The number of nitrogens with one attached hydrogen (secondary N) is 3. The van der Waals surface area contributed by atoms with Gasteiger partial charge in [-0.2, -0.15) is 0 Å². The highest BCUT2D eigenvalue weighted by molar-refractivity contribution is 6.31. The maximum atomic E-state index is 13.4. The Labute approximate surface area is 255 Å². The summed E-state index contributed by atoms with van der Waals surface area (Å²) in [7, 11) is 1.63. The zero-order valence-corrected chi connectivity index (χ0v) is 24.6. The summed E-state index contributed by atoms with van der Waals surface area (Å²) in [5, 5.41) is 8.75. The molecule has 3 aromatic rings. The number of ether oxygens (including phenoxy) is 2. The third kappa shape index (κ3) is 9.29. The largest absolute Gasteiger partial charge is 0.491 e. The van der Waals surface area contributed by atoms with E-state index < -0.39 is 29.8 Å². The van der Waals surface area contributed by atoms with Gasteiger partial charge < -0.3 is 30.3 Å². The minimum atomic E-state index is -1.22. The average molecular weight is 607 g/mol. The number of hydrogen-bond acceptors (Lipinski definition) is 6. The van der Waals surface area contributed by atoms with Crippen molar-refractivity contribution in [3.8, 4) is 5.75 Å². The van der Waals surface area contributed by atoms with Crippen LogP contribution in [0.2, 0.25) is 5.02 Å². The van der Waals surface area contributed by atoms with Crippen molar-refractivity contribution in [2.45, 2.75) is 31.5 Å². The van der Waals surface area contributed by atoms with E-state index in [1.54, 1.807) is 37.4 Å². The second-order valence-electron chi connectivity index (χ2n) is 10.1. The summed E-state index contributed by atoms with van der Waals surface area (Å²) in [5.41, 5.74) is 1.88. The van der Waals surface area contributed by atoms with Crippen molar-refractivity contribution < 1.29 is 28.7 Å². The summed E-state index contributed by atoms with van der Waals surface area (Å²) in [4.78, 5) is 54.6. The Bertz CT molecular complexity index is 1420. The van der Waals surface area contributed by atoms with Crippen molar-refractivity contribution in [3.63, 3.8) is 0 Å². The maximum Gasteiger partial charge on any atom is 0.255 e. The molecule has 2 atom stereocenters. The number of rotatable bonds is 8. The van der Waals surface area contributed by atoms with E-state index in [0.29, 0.717) is 10.8 Å². The molecule has 10 nitrogen and oxygen atoms in total. The Hall–Kier alpha value is -4.41. The van der Waals surface area contributed by atoms with Gasteiger partial charge in [0.1, 0.15) is 24.4 Å². The predicted octanol–water partition coefficient (Wildman–Crippen LogP) is 2.74. The van der Waals surface area contributed by atoms with Crippen molar-refractivity contribution >= 4 is 35.2 Å². The molecule has 11 heteroatoms. The molecular formula is C32H35ClN4O6. The topological polar surface area (TPSA) is 126 Å². The van der Waals surface area contributed by atoms with E-state index in [1.165, 1.54) is 4.90 Å². The minimum absolute atomic E-state index is 0.122. The lowest BCUT2D eigenvalue weighted by atomic mass is 10.0. The molecule has 0 saturated heterocycles. The van der Waals surface area contributed by atoms with Crippen LogP contribution in [0.1, 0.15) is 27.9 Å². The maximum absolute atomic E-state index is 13.4. The van der Waals surface area contributed by atoms with Crippen molar-refractivity contribution in [2.24, 2.45) is 0 Å². The molecule has 43 heavy (non-hydrogen) atoms. The first kappa shape index (κ1) is 31.5. The SMILES string of the molecule is CN1CCOc2ccccc2C(=O)N[C@H](C(=O)NCCOCc2ccccc2Cl)CC(=O)N[C@H](Cc2ccccc2)C1=O. The molecule has 0 radical (unpaired) electrons. The Morgan fingerprint density at radius 1 is 1.00 bits per heavy atom. The van der Waals surface area contributed by atoms with Gasteiger partial charge in [0.2, 0.25) is 17.7 Å². The third-order valence-electron chi connectivity index (χ3n) is 6.88. The van der Waals surface area contributed by atoms with Crippen LogP contribution in [0.25, 0.3) is 0 Å². The van der Waals surface area contributed by atoms with Gasteiger partial charge in [-0.1, -0.05) is 72.3 Å². The van der Waals surface area contributed by atoms with Gasteiger partial charge in [0.15, 0.2) is 0 Å². The summed E-state index contributed by atoms with van der Waals surface area (Å²) in [5.74, 6) is -1.69. The van der Waals surface area contributed by atoms with Crippen LogP contribution in [0, 0.1) is 0 Å². The zero-order valence-electron chi connectivity index (χ0n) is 23.9. The fourth-order valence-electron chi connectivity index (χ4n) is 4.55. The number of carbonyl (C=O) groups excluding carboxylic acids is 4. The smallest absolute Gasteiger partial charge is 0.255 e. The average Bonchev–Trinajstić information content (AvgIpc) is 3.00. The van der Waals surface area contributed by atoms with Crippen LogP contribution in [-0.4, -0.2) is 74.0 Å². The minimum Gasteiger partial charge on any atom is -0.491 e. The van der Waals surface area contributed by atoms with E-state index in [0.717, 1.165) is 11.1 Å². The van der Waals surface area contributed by atoms with Gasteiger partial charge in [-0.05, 0) is 29.3 Å². The Kier molecular flexibility index (Phi) is 11.5. The highest BCUT2D eigenvalue weighted by atomic mass is 35.5. The third-order valence-corrected chi connectivity index (χ3v) is 7.25. The van der Waals surface area contributed by atoms with E-state index >= 15 is 0 Å². The van der Waals surface area contributed by atoms with E-state index in [4.69, 9.17) is 21.1 Å². The molecule has 1 aliphatic rings. The van der Waals surface area contributed by atoms with E-state index in [1.807, 2.05) is 48.5 Å². The first-order chi connectivity index (χ1) is 20.8. The standard InChI is InChI=1S/C32H35ClN4O6/c1-37-16-18-43-28-14-8-6-12-24(28)30(39)36-26(31(40)34-15-17-42-21-23-11-5-7-13-25(23)33)20-29(38)35-27(32(37)41)19-22-9-3-2-4-10-22/h2-14,26-27H,15-21H2,1H3,(H,34,40)(H,35,38)(H,36,39)/t26-,27+/m0/s1. The number of amides is 4. The second kappa shape index (κ2) is 15.7. The number of nitrogens with zero attached hydrogens (tertiary/aromatic N) is 1. The van der Waals surface area contributed by atoms with Crippen LogP contribution in [0.15, 0.2) is 78.9 Å². The molecule has 226 valence electrons. The summed E-state index contributed by atoms with van der Waals surface area (Å²) in [6.45, 7) is 0.938. The molecule has 1 aliphatic heterocycles. The molecular weight excluding hydrogens is 572 g/mol. The molecule has 0 aromatic heterocycles. The molecule has 0 fully saturated rings. The molecule has 3 N–H and O–H groups in total. The molecule has 4 rings (SSSR count). The molecule has 0 unspecified atom stereocenters. The van der Waals surface area contributed by atoms with Crippen LogP contribution in [0.4, 0.5) is 0 Å². The molecule has 0 bridgehead atoms. The molecule has 3 aromatic carbocycles. The number of likely N-dealkylation sites (N-methyl/N-ethyl adjacent to an activating group) is 1. The van der Waals surface area contributed by atoms with Crippen LogP contribution in [-0.2, 0) is 32.1 Å². The van der Waals surface area contributed by atoms with E-state index in [2.05, 4.69) is 16.0 Å². The lowest BCUT2D eigenvalue weighted by Crippen LogP contribution is -2.53. The number of halogens is 1. The molecule has 0 spiro atoms. The van der Waals surface area contributed by atoms with Gasteiger partial charge in [-0.3, -0.25) is 19.2 Å². The van der Waals surface area contributed by atoms with Crippen LogP contribution in [0.5, 0.6) is 5.75 Å². The van der Waals surface area contributed by atoms with E-state index in [-0.39, 0.29) is 57.2 Å². The van der Waals surface area contributed by atoms with Crippen molar-refractivity contribution in [1.82, 2.24) is 20.9 Å². The fourth-order valence-corrected chi connectivity index (χ4v) is 4.74. The zero-order chi connectivity index (χ0) is 30.6. The summed E-state index contributed by atoms with van der Waals surface area (Å²) in [6, 6.07) is 21.1. The number of benzene rings is 3. The summed E-state index contributed by atoms with van der Waals surface area (Å²) < 4.78 is 11.5. The van der Waals surface area contributed by atoms with Gasteiger partial charge in [0.25, 0.3) is 5.91 Å². The molecule has 0 saturated carbocycles. The van der Waals surface area contributed by atoms with E-state index in [9.17, 15) is 19.2 Å². The first-order valence-corrected chi connectivity index (χ1v) is 14.4. The molecule has 4 amide bonds.